The number of carbonyl (C=O) groups is 1. The fourth-order valence-corrected chi connectivity index (χ4v) is 1.88. The highest BCUT2D eigenvalue weighted by Crippen LogP contribution is 2.34. The Kier molecular flexibility index (Phi) is 4.35. The van der Waals surface area contributed by atoms with Crippen LogP contribution in [0.15, 0.2) is 12.1 Å². The van der Waals surface area contributed by atoms with Gasteiger partial charge in [0.05, 0.1) is 6.42 Å². The number of hydrogen-bond donors (Lipinski definition) is 2. The fourth-order valence-electron chi connectivity index (χ4n) is 1.88. The van der Waals surface area contributed by atoms with E-state index in [1.165, 1.54) is 0 Å². The quantitative estimate of drug-likeness (QED) is 0.857. The molecule has 18 heavy (non-hydrogen) atoms. The average Bonchev–Trinajstić information content (AvgIpc) is 2.25. The molecule has 0 unspecified atom stereocenters. The number of phenols is 1. The lowest BCUT2D eigenvalue weighted by Crippen LogP contribution is -2.14. The van der Waals surface area contributed by atoms with Gasteiger partial charge in [-0.15, -0.1) is 0 Å². The van der Waals surface area contributed by atoms with E-state index in [9.17, 15) is 15.0 Å². The molecule has 0 aromatic heterocycles. The maximum Gasteiger partial charge on any atom is 0.355 e. The van der Waals surface area contributed by atoms with Crippen LogP contribution in [0.5, 0.6) is 5.75 Å². The molecule has 0 saturated carbocycles. The Labute approximate surface area is 107 Å². The van der Waals surface area contributed by atoms with E-state index >= 15 is 0 Å². The number of aryl methyl sites for hydroxylation is 1. The van der Waals surface area contributed by atoms with Crippen LogP contribution >= 0.6 is 0 Å². The molecule has 1 radical (unpaired) electrons. The minimum atomic E-state index is -1.07. The van der Waals surface area contributed by atoms with Crippen molar-refractivity contribution in [3.63, 3.8) is 0 Å². The topological polar surface area (TPSA) is 83.2 Å². The van der Waals surface area contributed by atoms with Gasteiger partial charge < -0.3 is 10.8 Å². The highest BCUT2D eigenvalue weighted by Gasteiger charge is 2.21. The van der Waals surface area contributed by atoms with Crippen molar-refractivity contribution in [2.75, 3.05) is 0 Å². The monoisotopic (exact) mass is 250 g/mol. The molecule has 0 heterocycles. The Morgan fingerprint density at radius 1 is 1.33 bits per heavy atom. The van der Waals surface area contributed by atoms with Gasteiger partial charge in [-0.1, -0.05) is 32.9 Å². The molecule has 1 aromatic carbocycles. The van der Waals surface area contributed by atoms with Crippen LogP contribution in [0.25, 0.3) is 0 Å². The number of carbonyl (C=O) groups excluding carboxylic acids is 1. The summed E-state index contributed by atoms with van der Waals surface area (Å²) < 4.78 is 0. The van der Waals surface area contributed by atoms with Gasteiger partial charge in [-0.25, -0.2) is 9.90 Å². The Morgan fingerprint density at radius 3 is 2.39 bits per heavy atom. The molecule has 3 N–H and O–H groups in total. The number of benzene rings is 1. The lowest BCUT2D eigenvalue weighted by Gasteiger charge is -2.23. The first-order valence-corrected chi connectivity index (χ1v) is 6.01. The highest BCUT2D eigenvalue weighted by molar-refractivity contribution is 5.66. The molecule has 99 valence electrons. The SMILES string of the molecule is CC(C)(C)c1cc(CCC([O])=O)cc(CN)c1O. The minimum absolute atomic E-state index is 0.0294. The van der Waals surface area contributed by atoms with Crippen molar-refractivity contribution in [3.05, 3.63) is 28.8 Å². The van der Waals surface area contributed by atoms with Gasteiger partial charge in [0.2, 0.25) is 0 Å². The standard InChI is InChI=1S/C14H20NO3/c1-14(2,3)11-7-9(4-5-12(16)17)6-10(8-15)13(11)18/h6-7,18H,4-5,8,15H2,1-3H3. The molecule has 1 aromatic rings. The van der Waals surface area contributed by atoms with E-state index in [1.54, 1.807) is 6.07 Å². The zero-order valence-corrected chi connectivity index (χ0v) is 11.1. The summed E-state index contributed by atoms with van der Waals surface area (Å²) in [5.41, 5.74) is 7.68. The molecule has 0 amide bonds. The third-order valence-electron chi connectivity index (χ3n) is 2.89. The van der Waals surface area contributed by atoms with Gasteiger partial charge in [-0.05, 0) is 23.0 Å². The normalized spacial score (nSPS) is 11.6. The Balaban J connectivity index is 3.18. The first-order chi connectivity index (χ1) is 8.25. The lowest BCUT2D eigenvalue weighted by molar-refractivity contribution is -0.143. The molecule has 0 spiro atoms. The second-order valence-electron chi connectivity index (χ2n) is 5.48. The van der Waals surface area contributed by atoms with E-state index in [0.717, 1.165) is 11.1 Å². The molecule has 0 aliphatic rings. The molecule has 0 aliphatic heterocycles. The van der Waals surface area contributed by atoms with Crippen LogP contribution in [0, 0.1) is 0 Å². The highest BCUT2D eigenvalue weighted by atomic mass is 16.4. The van der Waals surface area contributed by atoms with Crippen molar-refractivity contribution in [2.45, 2.75) is 45.6 Å². The van der Waals surface area contributed by atoms with E-state index in [4.69, 9.17) is 5.73 Å². The van der Waals surface area contributed by atoms with Crippen molar-refractivity contribution in [3.8, 4) is 5.75 Å². The van der Waals surface area contributed by atoms with Crippen molar-refractivity contribution in [1.82, 2.24) is 0 Å². The van der Waals surface area contributed by atoms with Crippen LogP contribution < -0.4 is 5.73 Å². The van der Waals surface area contributed by atoms with Gasteiger partial charge >= 0.3 is 5.97 Å². The van der Waals surface area contributed by atoms with Crippen molar-refractivity contribution in [1.29, 1.82) is 0 Å². The van der Waals surface area contributed by atoms with Crippen molar-refractivity contribution in [2.24, 2.45) is 5.73 Å². The first-order valence-electron chi connectivity index (χ1n) is 6.01. The molecule has 1 rings (SSSR count). The summed E-state index contributed by atoms with van der Waals surface area (Å²) in [4.78, 5) is 10.5. The largest absolute Gasteiger partial charge is 0.507 e. The summed E-state index contributed by atoms with van der Waals surface area (Å²) >= 11 is 0. The van der Waals surface area contributed by atoms with E-state index in [2.05, 4.69) is 0 Å². The maximum atomic E-state index is 10.5. The number of aromatic hydroxyl groups is 1. The summed E-state index contributed by atoms with van der Waals surface area (Å²) in [5.74, 6) is -0.864. The summed E-state index contributed by atoms with van der Waals surface area (Å²) in [6.07, 6.45) is 0.358. The van der Waals surface area contributed by atoms with Crippen LogP contribution in [0.1, 0.15) is 43.9 Å². The molecular weight excluding hydrogens is 230 g/mol. The summed E-state index contributed by atoms with van der Waals surface area (Å²) in [6, 6.07) is 3.60. The molecular formula is C14H20NO3. The Morgan fingerprint density at radius 2 is 1.94 bits per heavy atom. The number of nitrogens with two attached hydrogens (primary N) is 1. The van der Waals surface area contributed by atoms with Crippen LogP contribution in [0.4, 0.5) is 0 Å². The van der Waals surface area contributed by atoms with Crippen molar-refractivity contribution < 1.29 is 15.0 Å². The van der Waals surface area contributed by atoms with Crippen LogP contribution in [-0.2, 0) is 28.3 Å². The third-order valence-corrected chi connectivity index (χ3v) is 2.89. The Bertz CT molecular complexity index is 447. The molecule has 0 fully saturated rings. The average molecular weight is 250 g/mol. The van der Waals surface area contributed by atoms with Gasteiger partial charge in [-0.2, -0.15) is 0 Å². The number of rotatable bonds is 4. The minimum Gasteiger partial charge on any atom is -0.507 e. The third kappa shape index (κ3) is 3.47. The lowest BCUT2D eigenvalue weighted by atomic mass is 9.83. The second kappa shape index (κ2) is 5.40. The van der Waals surface area contributed by atoms with Crippen LogP contribution in [0.2, 0.25) is 0 Å². The molecule has 0 saturated heterocycles. The molecule has 0 bridgehead atoms. The summed E-state index contributed by atoms with van der Waals surface area (Å²) in [5, 5.41) is 20.6. The fraction of sp³-hybridized carbons (Fsp3) is 0.500. The number of phenolic OH excluding ortho intramolecular Hbond substituents is 1. The zero-order chi connectivity index (χ0) is 13.9. The van der Waals surface area contributed by atoms with Gasteiger partial charge in [0.1, 0.15) is 5.75 Å². The van der Waals surface area contributed by atoms with E-state index < -0.39 is 5.97 Å². The van der Waals surface area contributed by atoms with Gasteiger partial charge in [0.25, 0.3) is 0 Å². The smallest absolute Gasteiger partial charge is 0.355 e. The maximum absolute atomic E-state index is 10.5. The molecule has 4 heteroatoms. The van der Waals surface area contributed by atoms with Crippen molar-refractivity contribution >= 4 is 5.97 Å². The first kappa shape index (κ1) is 14.5. The second-order valence-corrected chi connectivity index (χ2v) is 5.48. The molecule has 4 nitrogen and oxygen atoms in total. The van der Waals surface area contributed by atoms with E-state index in [0.29, 0.717) is 12.0 Å². The van der Waals surface area contributed by atoms with Gasteiger partial charge in [0, 0.05) is 12.1 Å². The van der Waals surface area contributed by atoms with Gasteiger partial charge in [-0.3, -0.25) is 0 Å². The summed E-state index contributed by atoms with van der Waals surface area (Å²) in [6.45, 7) is 6.20. The van der Waals surface area contributed by atoms with E-state index in [-0.39, 0.29) is 24.1 Å². The molecule has 0 atom stereocenters. The van der Waals surface area contributed by atoms with Gasteiger partial charge in [0.15, 0.2) is 0 Å². The van der Waals surface area contributed by atoms with E-state index in [1.807, 2.05) is 26.8 Å². The Hall–Kier alpha value is -1.55. The zero-order valence-electron chi connectivity index (χ0n) is 11.1. The predicted octanol–water partition coefficient (Wildman–Crippen LogP) is 2.04. The van der Waals surface area contributed by atoms with Crippen LogP contribution in [0.3, 0.4) is 0 Å². The van der Waals surface area contributed by atoms with Crippen LogP contribution in [-0.4, -0.2) is 11.1 Å². The summed E-state index contributed by atoms with van der Waals surface area (Å²) in [7, 11) is 0. The predicted molar refractivity (Wildman–Crippen MR) is 68.7 cm³/mol. The number of hydrogen-bond acceptors (Lipinski definition) is 3. The molecule has 0 aliphatic carbocycles.